The number of hydrogen-bond donors (Lipinski definition) is 1. The topological polar surface area (TPSA) is 20.3 Å². The van der Waals surface area contributed by atoms with Gasteiger partial charge in [-0.15, -0.1) is 0 Å². The molecule has 0 radical (unpaired) electrons. The summed E-state index contributed by atoms with van der Waals surface area (Å²) in [6, 6.07) is 7.62. The summed E-state index contributed by atoms with van der Waals surface area (Å²) in [6.07, 6.45) is 5.02. The molecule has 16 heavy (non-hydrogen) atoms. The van der Waals surface area contributed by atoms with Gasteiger partial charge in [-0.2, -0.15) is 12.6 Å². The molecule has 0 aromatic heterocycles. The average Bonchev–Trinajstić information content (AvgIpc) is 2.29. The fraction of sp³-hybridized carbons (Fsp3) is 0.308. The van der Waals surface area contributed by atoms with E-state index < -0.39 is 0 Å². The molecule has 0 spiro atoms. The van der Waals surface area contributed by atoms with E-state index in [0.29, 0.717) is 0 Å². The Morgan fingerprint density at radius 3 is 2.81 bits per heavy atom. The van der Waals surface area contributed by atoms with Gasteiger partial charge >= 0.3 is 0 Å². The molecule has 1 rings (SSSR count). The molecular formula is C13H17NOS. The molecule has 0 saturated heterocycles. The third kappa shape index (κ3) is 3.74. The van der Waals surface area contributed by atoms with Crippen LogP contribution in [0, 0.1) is 0 Å². The standard InChI is InChI=1S/C13H17NOS/c1-14(2)13(15)12-8-5-7-11(10-12)6-3-4-9-16/h3,5-8,10,16H,4,9H2,1-2H3. The Morgan fingerprint density at radius 2 is 2.19 bits per heavy atom. The normalized spacial score (nSPS) is 10.7. The summed E-state index contributed by atoms with van der Waals surface area (Å²) in [5, 5.41) is 0. The first-order valence-corrected chi connectivity index (χ1v) is 5.87. The molecule has 0 heterocycles. The van der Waals surface area contributed by atoms with Crippen LogP contribution in [0.4, 0.5) is 0 Å². The third-order valence-electron chi connectivity index (χ3n) is 2.15. The molecule has 3 heteroatoms. The molecule has 0 unspecified atom stereocenters. The summed E-state index contributed by atoms with van der Waals surface area (Å²) in [5.74, 6) is 0.872. The Kier molecular flexibility index (Phi) is 5.12. The number of allylic oxidation sites excluding steroid dienone is 1. The predicted octanol–water partition coefficient (Wildman–Crippen LogP) is 2.72. The van der Waals surface area contributed by atoms with Gasteiger partial charge in [-0.25, -0.2) is 0 Å². The average molecular weight is 235 g/mol. The van der Waals surface area contributed by atoms with Gasteiger partial charge in [0.1, 0.15) is 0 Å². The van der Waals surface area contributed by atoms with Crippen LogP contribution in [0.2, 0.25) is 0 Å². The molecule has 0 bridgehead atoms. The lowest BCUT2D eigenvalue weighted by atomic mass is 10.1. The van der Waals surface area contributed by atoms with Gasteiger partial charge in [0.2, 0.25) is 0 Å². The highest BCUT2D eigenvalue weighted by Crippen LogP contribution is 2.09. The lowest BCUT2D eigenvalue weighted by Gasteiger charge is -2.10. The van der Waals surface area contributed by atoms with Crippen LogP contribution in [0.5, 0.6) is 0 Å². The Balaban J connectivity index is 2.83. The van der Waals surface area contributed by atoms with Crippen molar-refractivity contribution in [3.05, 3.63) is 41.5 Å². The molecule has 0 fully saturated rings. The molecule has 1 aromatic carbocycles. The summed E-state index contributed by atoms with van der Waals surface area (Å²) >= 11 is 4.13. The molecule has 1 amide bonds. The number of carbonyl (C=O) groups is 1. The van der Waals surface area contributed by atoms with Crippen LogP contribution in [0.15, 0.2) is 30.3 Å². The minimum Gasteiger partial charge on any atom is -0.345 e. The first-order chi connectivity index (χ1) is 7.65. The van der Waals surface area contributed by atoms with Crippen molar-refractivity contribution in [1.29, 1.82) is 0 Å². The highest BCUT2D eigenvalue weighted by atomic mass is 32.1. The summed E-state index contributed by atoms with van der Waals surface area (Å²) < 4.78 is 0. The lowest BCUT2D eigenvalue weighted by Crippen LogP contribution is -2.21. The van der Waals surface area contributed by atoms with Crippen LogP contribution in [-0.2, 0) is 0 Å². The van der Waals surface area contributed by atoms with E-state index in [1.165, 1.54) is 0 Å². The van der Waals surface area contributed by atoms with E-state index >= 15 is 0 Å². The molecule has 0 aliphatic heterocycles. The second-order valence-corrected chi connectivity index (χ2v) is 4.19. The molecular weight excluding hydrogens is 218 g/mol. The van der Waals surface area contributed by atoms with Gasteiger partial charge in [0.05, 0.1) is 0 Å². The quantitative estimate of drug-likeness (QED) is 0.796. The zero-order valence-corrected chi connectivity index (χ0v) is 10.6. The molecule has 0 N–H and O–H groups in total. The number of benzene rings is 1. The summed E-state index contributed by atoms with van der Waals surface area (Å²) in [7, 11) is 3.51. The van der Waals surface area contributed by atoms with Crippen molar-refractivity contribution in [2.75, 3.05) is 19.8 Å². The molecule has 0 aliphatic carbocycles. The summed E-state index contributed by atoms with van der Waals surface area (Å²) in [4.78, 5) is 13.3. The van der Waals surface area contributed by atoms with E-state index in [4.69, 9.17) is 0 Å². The third-order valence-corrected chi connectivity index (χ3v) is 2.40. The Hall–Kier alpha value is -1.22. The number of carbonyl (C=O) groups excluding carboxylic acids is 1. The van der Waals surface area contributed by atoms with Crippen molar-refractivity contribution in [3.63, 3.8) is 0 Å². The minimum atomic E-state index is 0.0319. The maximum Gasteiger partial charge on any atom is 0.253 e. The van der Waals surface area contributed by atoms with Gasteiger partial charge in [0.15, 0.2) is 0 Å². The fourth-order valence-corrected chi connectivity index (χ4v) is 1.48. The SMILES string of the molecule is CN(C)C(=O)c1cccc(C=CCCS)c1. The van der Waals surface area contributed by atoms with Gasteiger partial charge in [0, 0.05) is 19.7 Å². The van der Waals surface area contributed by atoms with Gasteiger partial charge in [-0.3, -0.25) is 4.79 Å². The molecule has 0 saturated carbocycles. The van der Waals surface area contributed by atoms with Gasteiger partial charge in [0.25, 0.3) is 5.91 Å². The van der Waals surface area contributed by atoms with Crippen molar-refractivity contribution >= 4 is 24.6 Å². The molecule has 0 atom stereocenters. The molecule has 1 aromatic rings. The van der Waals surface area contributed by atoms with E-state index in [1.807, 2.05) is 30.3 Å². The monoisotopic (exact) mass is 235 g/mol. The largest absolute Gasteiger partial charge is 0.345 e. The maximum atomic E-state index is 11.7. The van der Waals surface area contributed by atoms with Crippen LogP contribution >= 0.6 is 12.6 Å². The lowest BCUT2D eigenvalue weighted by molar-refractivity contribution is 0.0827. The molecule has 86 valence electrons. The zero-order chi connectivity index (χ0) is 12.0. The van der Waals surface area contributed by atoms with Crippen LogP contribution in [-0.4, -0.2) is 30.7 Å². The van der Waals surface area contributed by atoms with Crippen molar-refractivity contribution in [1.82, 2.24) is 4.90 Å². The first kappa shape index (κ1) is 12.8. The minimum absolute atomic E-state index is 0.0319. The van der Waals surface area contributed by atoms with E-state index in [9.17, 15) is 4.79 Å². The number of amides is 1. The Morgan fingerprint density at radius 1 is 1.44 bits per heavy atom. The van der Waals surface area contributed by atoms with E-state index in [0.717, 1.165) is 23.3 Å². The predicted molar refractivity (Wildman–Crippen MR) is 72.0 cm³/mol. The Bertz CT molecular complexity index is 385. The highest BCUT2D eigenvalue weighted by Gasteiger charge is 2.06. The summed E-state index contributed by atoms with van der Waals surface area (Å²) in [6.45, 7) is 0. The number of nitrogens with zero attached hydrogens (tertiary/aromatic N) is 1. The van der Waals surface area contributed by atoms with Crippen LogP contribution in [0.1, 0.15) is 22.3 Å². The number of hydrogen-bond acceptors (Lipinski definition) is 2. The van der Waals surface area contributed by atoms with E-state index in [2.05, 4.69) is 18.7 Å². The summed E-state index contributed by atoms with van der Waals surface area (Å²) in [5.41, 5.74) is 1.77. The Labute approximate surface area is 102 Å². The smallest absolute Gasteiger partial charge is 0.253 e. The number of rotatable bonds is 4. The van der Waals surface area contributed by atoms with E-state index in [-0.39, 0.29) is 5.91 Å². The fourth-order valence-electron chi connectivity index (χ4n) is 1.33. The van der Waals surface area contributed by atoms with Gasteiger partial charge < -0.3 is 4.90 Å². The zero-order valence-electron chi connectivity index (χ0n) is 9.68. The van der Waals surface area contributed by atoms with Crippen molar-refractivity contribution in [3.8, 4) is 0 Å². The number of thiol groups is 1. The van der Waals surface area contributed by atoms with Crippen molar-refractivity contribution in [2.45, 2.75) is 6.42 Å². The molecule has 2 nitrogen and oxygen atoms in total. The maximum absolute atomic E-state index is 11.7. The second kappa shape index (κ2) is 6.38. The van der Waals surface area contributed by atoms with Gasteiger partial charge in [-0.1, -0.05) is 24.3 Å². The van der Waals surface area contributed by atoms with E-state index in [1.54, 1.807) is 19.0 Å². The van der Waals surface area contributed by atoms with Crippen LogP contribution in [0.25, 0.3) is 6.08 Å². The first-order valence-electron chi connectivity index (χ1n) is 5.24. The highest BCUT2D eigenvalue weighted by molar-refractivity contribution is 7.80. The van der Waals surface area contributed by atoms with Crippen molar-refractivity contribution < 1.29 is 4.79 Å². The molecule has 0 aliphatic rings. The van der Waals surface area contributed by atoms with Crippen molar-refractivity contribution in [2.24, 2.45) is 0 Å². The van der Waals surface area contributed by atoms with Gasteiger partial charge in [-0.05, 0) is 29.9 Å². The van der Waals surface area contributed by atoms with Crippen LogP contribution < -0.4 is 0 Å². The second-order valence-electron chi connectivity index (χ2n) is 3.74. The van der Waals surface area contributed by atoms with Crippen LogP contribution in [0.3, 0.4) is 0 Å².